The van der Waals surface area contributed by atoms with Crippen molar-refractivity contribution in [2.45, 2.75) is 11.4 Å². The zero-order valence-electron chi connectivity index (χ0n) is 15.6. The molecule has 0 spiro atoms. The number of hydrogen-bond acceptors (Lipinski definition) is 4. The molecule has 0 saturated carbocycles. The van der Waals surface area contributed by atoms with Gasteiger partial charge >= 0.3 is 0 Å². The maximum atomic E-state index is 12.6. The molecule has 2 N–H and O–H groups in total. The topological polar surface area (TPSA) is 84.5 Å². The molecule has 150 valence electrons. The average Bonchev–Trinajstić information content (AvgIpc) is 2.74. The Morgan fingerprint density at radius 2 is 1.69 bits per heavy atom. The normalized spacial score (nSPS) is 11.0. The molecule has 8 heteroatoms. The first-order chi connectivity index (χ1) is 13.9. The van der Waals surface area contributed by atoms with E-state index < -0.39 is 15.9 Å². The van der Waals surface area contributed by atoms with E-state index in [-0.39, 0.29) is 27.7 Å². The van der Waals surface area contributed by atoms with E-state index >= 15 is 0 Å². The fraction of sp³-hybridized carbons (Fsp3) is 0.0952. The van der Waals surface area contributed by atoms with Crippen LogP contribution in [0.2, 0.25) is 5.02 Å². The van der Waals surface area contributed by atoms with Crippen LogP contribution in [-0.4, -0.2) is 21.4 Å². The van der Waals surface area contributed by atoms with Crippen molar-refractivity contribution in [3.05, 3.63) is 88.9 Å². The minimum Gasteiger partial charge on any atom is -0.496 e. The lowest BCUT2D eigenvalue weighted by atomic mass is 10.1. The van der Waals surface area contributed by atoms with Gasteiger partial charge in [-0.05, 0) is 36.4 Å². The molecule has 3 aromatic rings. The molecule has 3 aromatic carbocycles. The summed E-state index contributed by atoms with van der Waals surface area (Å²) in [6, 6.07) is 19.7. The summed E-state index contributed by atoms with van der Waals surface area (Å²) in [7, 11) is -2.22. The van der Waals surface area contributed by atoms with Crippen molar-refractivity contribution in [1.82, 2.24) is 5.32 Å². The monoisotopic (exact) mass is 430 g/mol. The average molecular weight is 431 g/mol. The van der Waals surface area contributed by atoms with Gasteiger partial charge in [-0.1, -0.05) is 48.0 Å². The number of carbonyl (C=O) groups excluding carboxylic acids is 1. The number of amides is 1. The lowest BCUT2D eigenvalue weighted by molar-refractivity contribution is 0.0951. The lowest BCUT2D eigenvalue weighted by Gasteiger charge is -2.12. The van der Waals surface area contributed by atoms with Crippen LogP contribution in [-0.2, 0) is 16.6 Å². The van der Waals surface area contributed by atoms with Gasteiger partial charge in [0.15, 0.2) is 0 Å². The Kier molecular flexibility index (Phi) is 6.41. The van der Waals surface area contributed by atoms with E-state index in [1.54, 1.807) is 31.4 Å². The highest BCUT2D eigenvalue weighted by atomic mass is 35.5. The van der Waals surface area contributed by atoms with E-state index in [2.05, 4.69) is 10.0 Å². The minimum atomic E-state index is -3.77. The fourth-order valence-corrected chi connectivity index (χ4v) is 3.97. The van der Waals surface area contributed by atoms with Crippen molar-refractivity contribution in [1.29, 1.82) is 0 Å². The third-order valence-corrected chi connectivity index (χ3v) is 5.88. The van der Waals surface area contributed by atoms with Gasteiger partial charge in [0.2, 0.25) is 0 Å². The molecular weight excluding hydrogens is 412 g/mol. The molecule has 0 atom stereocenters. The Labute approximate surface area is 174 Å². The van der Waals surface area contributed by atoms with E-state index in [1.165, 1.54) is 30.3 Å². The predicted molar refractivity (Wildman–Crippen MR) is 113 cm³/mol. The first-order valence-corrected chi connectivity index (χ1v) is 10.5. The quantitative estimate of drug-likeness (QED) is 0.591. The summed E-state index contributed by atoms with van der Waals surface area (Å²) >= 11 is 6.16. The van der Waals surface area contributed by atoms with Crippen LogP contribution in [0.4, 0.5) is 5.69 Å². The Bertz CT molecular complexity index is 1120. The van der Waals surface area contributed by atoms with Gasteiger partial charge in [0.1, 0.15) is 5.75 Å². The largest absolute Gasteiger partial charge is 0.496 e. The second kappa shape index (κ2) is 8.98. The van der Waals surface area contributed by atoms with Gasteiger partial charge in [-0.15, -0.1) is 0 Å². The van der Waals surface area contributed by atoms with Crippen LogP contribution in [0.25, 0.3) is 0 Å². The third-order valence-electron chi connectivity index (χ3n) is 4.15. The summed E-state index contributed by atoms with van der Waals surface area (Å²) in [5.74, 6) is 0.227. The molecule has 0 aliphatic carbocycles. The number of anilines is 1. The first kappa shape index (κ1) is 20.7. The van der Waals surface area contributed by atoms with E-state index in [1.807, 2.05) is 18.2 Å². The van der Waals surface area contributed by atoms with Crippen LogP contribution in [0, 0.1) is 0 Å². The van der Waals surface area contributed by atoms with Gasteiger partial charge in [-0.3, -0.25) is 9.52 Å². The number of methoxy groups -OCH3 is 1. The predicted octanol–water partition coefficient (Wildman–Crippen LogP) is 4.08. The molecule has 0 radical (unpaired) electrons. The Morgan fingerprint density at radius 3 is 2.41 bits per heavy atom. The highest BCUT2D eigenvalue weighted by Crippen LogP contribution is 2.23. The number of ether oxygens (including phenoxy) is 1. The van der Waals surface area contributed by atoms with E-state index in [0.717, 1.165) is 5.56 Å². The molecule has 6 nitrogen and oxygen atoms in total. The molecule has 29 heavy (non-hydrogen) atoms. The summed E-state index contributed by atoms with van der Waals surface area (Å²) < 4.78 is 32.7. The van der Waals surface area contributed by atoms with Gasteiger partial charge < -0.3 is 10.1 Å². The van der Waals surface area contributed by atoms with E-state index in [0.29, 0.717) is 5.75 Å². The van der Waals surface area contributed by atoms with Gasteiger partial charge in [-0.25, -0.2) is 8.42 Å². The molecule has 0 aliphatic heterocycles. The van der Waals surface area contributed by atoms with Crippen LogP contribution in [0.5, 0.6) is 5.75 Å². The highest BCUT2D eigenvalue weighted by Gasteiger charge is 2.17. The zero-order valence-corrected chi connectivity index (χ0v) is 17.1. The molecule has 0 saturated heterocycles. The minimum absolute atomic E-state index is 0.122. The van der Waals surface area contributed by atoms with E-state index in [4.69, 9.17) is 16.3 Å². The van der Waals surface area contributed by atoms with Gasteiger partial charge in [0, 0.05) is 17.8 Å². The Balaban J connectivity index is 1.77. The number of carbonyl (C=O) groups is 1. The van der Waals surface area contributed by atoms with Gasteiger partial charge in [0.05, 0.1) is 22.6 Å². The number of hydrogen-bond donors (Lipinski definition) is 2. The summed E-state index contributed by atoms with van der Waals surface area (Å²) in [5, 5.41) is 2.99. The molecule has 0 fully saturated rings. The number of halogens is 1. The van der Waals surface area contributed by atoms with Crippen LogP contribution < -0.4 is 14.8 Å². The molecule has 0 bridgehead atoms. The summed E-state index contributed by atoms with van der Waals surface area (Å²) in [4.78, 5) is 12.7. The Hall–Kier alpha value is -3.03. The van der Waals surface area contributed by atoms with Crippen LogP contribution in [0.15, 0.2) is 77.7 Å². The molecule has 3 rings (SSSR count). The number of rotatable bonds is 7. The third kappa shape index (κ3) is 5.07. The maximum Gasteiger partial charge on any atom is 0.261 e. The second-order valence-corrected chi connectivity index (χ2v) is 8.20. The van der Waals surface area contributed by atoms with E-state index in [9.17, 15) is 13.2 Å². The van der Waals surface area contributed by atoms with Crippen LogP contribution >= 0.6 is 11.6 Å². The molecular formula is C21H19ClN2O4S. The smallest absolute Gasteiger partial charge is 0.261 e. The van der Waals surface area contributed by atoms with Crippen molar-refractivity contribution in [2.75, 3.05) is 11.8 Å². The van der Waals surface area contributed by atoms with Crippen molar-refractivity contribution < 1.29 is 17.9 Å². The molecule has 0 aromatic heterocycles. The summed E-state index contributed by atoms with van der Waals surface area (Å²) in [5.41, 5.74) is 1.20. The van der Waals surface area contributed by atoms with Crippen LogP contribution in [0.1, 0.15) is 15.9 Å². The zero-order chi connectivity index (χ0) is 20.9. The van der Waals surface area contributed by atoms with Crippen molar-refractivity contribution in [2.24, 2.45) is 0 Å². The number of nitrogens with one attached hydrogen (secondary N) is 2. The van der Waals surface area contributed by atoms with Gasteiger partial charge in [-0.2, -0.15) is 0 Å². The molecule has 0 heterocycles. The fourth-order valence-electron chi connectivity index (χ4n) is 2.70. The lowest BCUT2D eigenvalue weighted by Crippen LogP contribution is -2.23. The van der Waals surface area contributed by atoms with Crippen LogP contribution in [0.3, 0.4) is 0 Å². The second-order valence-electron chi connectivity index (χ2n) is 6.11. The molecule has 0 unspecified atom stereocenters. The van der Waals surface area contributed by atoms with Crippen molar-refractivity contribution in [3.63, 3.8) is 0 Å². The Morgan fingerprint density at radius 1 is 1.00 bits per heavy atom. The molecule has 0 aliphatic rings. The SMILES string of the molecule is COc1ccccc1CNC(=O)c1cc(NS(=O)(=O)c2ccccc2)ccc1Cl. The summed E-state index contributed by atoms with van der Waals surface area (Å²) in [6.45, 7) is 0.235. The number of para-hydroxylation sites is 1. The van der Waals surface area contributed by atoms with Crippen molar-refractivity contribution in [3.8, 4) is 5.75 Å². The summed E-state index contributed by atoms with van der Waals surface area (Å²) in [6.07, 6.45) is 0. The number of sulfonamides is 1. The highest BCUT2D eigenvalue weighted by molar-refractivity contribution is 7.92. The maximum absolute atomic E-state index is 12.6. The molecule has 1 amide bonds. The standard InChI is InChI=1S/C21H19ClN2O4S/c1-28-20-10-6-5-7-15(20)14-23-21(25)18-13-16(11-12-19(18)22)24-29(26,27)17-8-3-2-4-9-17/h2-13,24H,14H2,1H3,(H,23,25). The van der Waals surface area contributed by atoms with Gasteiger partial charge in [0.25, 0.3) is 15.9 Å². The number of benzene rings is 3. The van der Waals surface area contributed by atoms with Crippen molar-refractivity contribution >= 4 is 33.2 Å². The first-order valence-electron chi connectivity index (χ1n) is 8.68.